The van der Waals surface area contributed by atoms with Gasteiger partial charge in [0.25, 0.3) is 0 Å². The highest BCUT2D eigenvalue weighted by Gasteiger charge is 2.30. The van der Waals surface area contributed by atoms with Gasteiger partial charge in [-0.2, -0.15) is 0 Å². The van der Waals surface area contributed by atoms with Gasteiger partial charge in [0.2, 0.25) is 0 Å². The molecular formula is C87H152O17P2. The molecule has 19 heteroatoms. The van der Waals surface area contributed by atoms with Crippen molar-refractivity contribution in [2.45, 2.75) is 380 Å². The fourth-order valence-corrected chi connectivity index (χ4v) is 12.9. The van der Waals surface area contributed by atoms with Crippen LogP contribution in [-0.2, 0) is 65.4 Å². The van der Waals surface area contributed by atoms with Crippen LogP contribution in [0, 0.1) is 0 Å². The van der Waals surface area contributed by atoms with Crippen LogP contribution in [0.3, 0.4) is 0 Å². The van der Waals surface area contributed by atoms with Crippen molar-refractivity contribution in [1.29, 1.82) is 0 Å². The van der Waals surface area contributed by atoms with Gasteiger partial charge >= 0.3 is 39.5 Å². The van der Waals surface area contributed by atoms with Crippen LogP contribution in [0.25, 0.3) is 0 Å². The number of rotatable bonds is 79. The summed E-state index contributed by atoms with van der Waals surface area (Å²) in [5.74, 6) is -2.19. The molecular weight excluding hydrogens is 1380 g/mol. The lowest BCUT2D eigenvalue weighted by atomic mass is 10.1. The van der Waals surface area contributed by atoms with E-state index in [1.54, 1.807) is 0 Å². The predicted octanol–water partition coefficient (Wildman–Crippen LogP) is 24.9. The number of unbranched alkanes of at least 4 members (excludes halogenated alkanes) is 35. The van der Waals surface area contributed by atoms with E-state index in [2.05, 4.69) is 137 Å². The smallest absolute Gasteiger partial charge is 0.462 e. The molecule has 0 spiro atoms. The van der Waals surface area contributed by atoms with E-state index in [0.29, 0.717) is 25.7 Å². The Hall–Kier alpha value is -4.28. The van der Waals surface area contributed by atoms with Crippen molar-refractivity contribution in [3.63, 3.8) is 0 Å². The van der Waals surface area contributed by atoms with Gasteiger partial charge in [0.1, 0.15) is 19.3 Å². The fraction of sp³-hybridized carbons (Fsp3) is 0.747. The fourth-order valence-electron chi connectivity index (χ4n) is 11.3. The number of phosphoric ester groups is 2. The first kappa shape index (κ1) is 102. The maximum atomic E-state index is 13.1. The topological polar surface area (TPSA) is 237 Å². The summed E-state index contributed by atoms with van der Waals surface area (Å²) in [7, 11) is -9.97. The van der Waals surface area contributed by atoms with E-state index in [-0.39, 0.29) is 25.7 Å². The van der Waals surface area contributed by atoms with E-state index in [1.807, 2.05) is 0 Å². The summed E-state index contributed by atoms with van der Waals surface area (Å²) in [4.78, 5) is 73.1. The van der Waals surface area contributed by atoms with Crippen molar-refractivity contribution >= 4 is 39.5 Å². The van der Waals surface area contributed by atoms with Gasteiger partial charge in [0.15, 0.2) is 12.2 Å². The third-order valence-electron chi connectivity index (χ3n) is 17.7. The number of ether oxygens (including phenoxy) is 4. The Labute approximate surface area is 645 Å². The molecule has 0 saturated carbocycles. The maximum absolute atomic E-state index is 13.1. The van der Waals surface area contributed by atoms with Crippen LogP contribution < -0.4 is 0 Å². The lowest BCUT2D eigenvalue weighted by Crippen LogP contribution is -2.30. The summed E-state index contributed by atoms with van der Waals surface area (Å²) < 4.78 is 68.7. The van der Waals surface area contributed by atoms with Crippen molar-refractivity contribution in [3.8, 4) is 0 Å². The van der Waals surface area contributed by atoms with E-state index in [9.17, 15) is 43.2 Å². The minimum absolute atomic E-state index is 0.0801. The van der Waals surface area contributed by atoms with Gasteiger partial charge in [-0.25, -0.2) is 9.13 Å². The second-order valence-electron chi connectivity index (χ2n) is 28.0. The number of carbonyl (C=O) groups excluding carboxylic acids is 4. The van der Waals surface area contributed by atoms with Crippen LogP contribution in [0.1, 0.15) is 362 Å². The van der Waals surface area contributed by atoms with Crippen molar-refractivity contribution in [1.82, 2.24) is 0 Å². The van der Waals surface area contributed by atoms with Gasteiger partial charge in [-0.1, -0.05) is 310 Å². The third kappa shape index (κ3) is 77.9. The van der Waals surface area contributed by atoms with Crippen molar-refractivity contribution in [3.05, 3.63) is 109 Å². The molecule has 17 nitrogen and oxygen atoms in total. The summed E-state index contributed by atoms with van der Waals surface area (Å²) >= 11 is 0. The first-order valence-corrected chi connectivity index (χ1v) is 45.1. The van der Waals surface area contributed by atoms with Crippen molar-refractivity contribution in [2.75, 3.05) is 39.6 Å². The van der Waals surface area contributed by atoms with Gasteiger partial charge in [-0.15, -0.1) is 0 Å². The number of phosphoric acid groups is 2. The standard InChI is InChI=1S/C87H152O17P2/c1-5-9-13-17-21-25-29-32-35-38-40-43-45-48-52-55-59-63-67-71-84(89)97-77-82(103-86(91)73-69-65-61-57-51-28-24-20-16-12-8-4)79-101-105(93,94)99-75-81(88)76-100-106(95,96)102-80-83(104-87(92)74-70-66-62-58-54-50-47-42-37-34-31-27-23-19-15-11-7-3)78-98-85(90)72-68-64-60-56-53-49-46-44-41-39-36-33-30-26-22-18-14-10-6-2/h11,15,21-23,25-27,32-37,40-41,43-44,81-83,88H,5-10,12-14,16-20,24,28-31,38-39,42,45-80H2,1-4H3,(H,93,94)(H,95,96)/b15-11-,25-21-,26-22-,27-23-,35-32-,36-33-,37-34-,43-40-,44-41-. The average Bonchev–Trinajstić information content (AvgIpc) is 0.901. The molecule has 0 aromatic rings. The zero-order valence-corrected chi connectivity index (χ0v) is 68.9. The highest BCUT2D eigenvalue weighted by molar-refractivity contribution is 7.47. The molecule has 3 N–H and O–H groups in total. The van der Waals surface area contributed by atoms with Crippen molar-refractivity contribution in [2.24, 2.45) is 0 Å². The summed E-state index contributed by atoms with van der Waals surface area (Å²) in [6.07, 6.45) is 86.2. The Kier molecular flexibility index (Phi) is 75.6. The minimum atomic E-state index is -4.99. The van der Waals surface area contributed by atoms with Gasteiger partial charge in [0.05, 0.1) is 26.4 Å². The molecule has 0 aliphatic rings. The third-order valence-corrected chi connectivity index (χ3v) is 19.6. The van der Waals surface area contributed by atoms with E-state index >= 15 is 0 Å². The quantitative estimate of drug-likeness (QED) is 0.0169. The monoisotopic (exact) mass is 1530 g/mol. The molecule has 0 amide bonds. The van der Waals surface area contributed by atoms with Crippen LogP contribution in [0.2, 0.25) is 0 Å². The summed E-state index contributed by atoms with van der Waals surface area (Å²) in [6.45, 7) is 4.72. The highest BCUT2D eigenvalue weighted by Crippen LogP contribution is 2.45. The van der Waals surface area contributed by atoms with E-state index in [4.69, 9.17) is 37.0 Å². The highest BCUT2D eigenvalue weighted by atomic mass is 31.2. The molecule has 0 aromatic carbocycles. The Morgan fingerprint density at radius 1 is 0.274 bits per heavy atom. The van der Waals surface area contributed by atoms with E-state index < -0.39 is 97.5 Å². The molecule has 0 aromatic heterocycles. The lowest BCUT2D eigenvalue weighted by molar-refractivity contribution is -0.161. The molecule has 5 unspecified atom stereocenters. The van der Waals surface area contributed by atoms with Crippen LogP contribution in [0.5, 0.6) is 0 Å². The molecule has 612 valence electrons. The van der Waals surface area contributed by atoms with Crippen LogP contribution in [0.15, 0.2) is 109 Å². The maximum Gasteiger partial charge on any atom is 0.472 e. The normalized spacial score (nSPS) is 14.4. The molecule has 106 heavy (non-hydrogen) atoms. The molecule has 0 heterocycles. The minimum Gasteiger partial charge on any atom is -0.462 e. The van der Waals surface area contributed by atoms with Gasteiger partial charge in [0, 0.05) is 25.7 Å². The first-order valence-electron chi connectivity index (χ1n) is 42.1. The summed E-state index contributed by atoms with van der Waals surface area (Å²) in [5.41, 5.74) is 0. The predicted molar refractivity (Wildman–Crippen MR) is 436 cm³/mol. The Bertz CT molecular complexity index is 2430. The Balaban J connectivity index is 5.34. The van der Waals surface area contributed by atoms with Crippen LogP contribution in [0.4, 0.5) is 0 Å². The molecule has 0 bridgehead atoms. The molecule has 5 atom stereocenters. The zero-order valence-electron chi connectivity index (χ0n) is 67.1. The summed E-state index contributed by atoms with van der Waals surface area (Å²) in [5, 5.41) is 10.7. The number of hydrogen-bond acceptors (Lipinski definition) is 15. The number of esters is 4. The molecule has 0 saturated heterocycles. The second kappa shape index (κ2) is 78.8. The Morgan fingerprint density at radius 3 is 0.774 bits per heavy atom. The molecule has 0 aliphatic heterocycles. The number of hydrogen-bond donors (Lipinski definition) is 3. The number of carbonyl (C=O) groups is 4. The molecule has 0 radical (unpaired) electrons. The van der Waals surface area contributed by atoms with Gasteiger partial charge in [-0.3, -0.25) is 37.3 Å². The van der Waals surface area contributed by atoms with Crippen molar-refractivity contribution < 1.29 is 80.2 Å². The number of allylic oxidation sites excluding steroid dienone is 18. The van der Waals surface area contributed by atoms with Crippen LogP contribution in [-0.4, -0.2) is 96.7 Å². The number of aliphatic hydroxyl groups excluding tert-OH is 1. The largest absolute Gasteiger partial charge is 0.472 e. The van der Waals surface area contributed by atoms with Gasteiger partial charge in [-0.05, 0) is 135 Å². The summed E-state index contributed by atoms with van der Waals surface area (Å²) in [6, 6.07) is 0. The average molecular weight is 1530 g/mol. The second-order valence-corrected chi connectivity index (χ2v) is 30.9. The van der Waals surface area contributed by atoms with E-state index in [1.165, 1.54) is 77.0 Å². The molecule has 0 rings (SSSR count). The lowest BCUT2D eigenvalue weighted by Gasteiger charge is -2.21. The molecule has 0 fully saturated rings. The zero-order chi connectivity index (χ0) is 77.4. The van der Waals surface area contributed by atoms with Gasteiger partial charge < -0.3 is 33.8 Å². The first-order chi connectivity index (χ1) is 51.7. The molecule has 0 aliphatic carbocycles. The van der Waals surface area contributed by atoms with E-state index in [0.717, 1.165) is 205 Å². The Morgan fingerprint density at radius 2 is 0.491 bits per heavy atom. The van der Waals surface area contributed by atoms with Crippen LogP contribution >= 0.6 is 15.6 Å². The number of aliphatic hydroxyl groups is 1. The SMILES string of the molecule is CC/C=C\C/C=C\C/C=C\CCCCCCCCCC(=O)OC(COC(=O)CCCCCCCC/C=C\C/C=C\C/C=C\CCCCC)COP(=O)(O)OCC(O)COP(=O)(O)OCC(COC(=O)CCCCCCCC/C=C\C/C=C\C/C=C\CCCCC)OC(=O)CCCCCCCCCCCCC.